The summed E-state index contributed by atoms with van der Waals surface area (Å²) in [6.07, 6.45) is 1.73. The lowest BCUT2D eigenvalue weighted by atomic mass is 10.0. The van der Waals surface area contributed by atoms with E-state index in [1.54, 1.807) is 18.2 Å². The maximum absolute atomic E-state index is 12.3. The molecule has 1 aliphatic rings. The Labute approximate surface area is 144 Å². The van der Waals surface area contributed by atoms with E-state index in [0.717, 1.165) is 23.7 Å². The zero-order valence-electron chi connectivity index (χ0n) is 13.4. The predicted molar refractivity (Wildman–Crippen MR) is 92.1 cm³/mol. The van der Waals surface area contributed by atoms with Crippen molar-refractivity contribution in [2.24, 2.45) is 0 Å². The van der Waals surface area contributed by atoms with Crippen molar-refractivity contribution in [3.63, 3.8) is 0 Å². The predicted octanol–water partition coefficient (Wildman–Crippen LogP) is 0.986. The van der Waals surface area contributed by atoms with Crippen LogP contribution in [-0.4, -0.2) is 50.9 Å². The van der Waals surface area contributed by atoms with Crippen molar-refractivity contribution in [2.75, 3.05) is 20.1 Å². The largest absolute Gasteiger partial charge is 0.352 e. The van der Waals surface area contributed by atoms with Crippen molar-refractivity contribution >= 4 is 28.3 Å². The first-order chi connectivity index (χ1) is 10.4. The van der Waals surface area contributed by atoms with Gasteiger partial charge >= 0.3 is 0 Å². The number of halogens is 1. The second-order valence-electron chi connectivity index (χ2n) is 5.72. The summed E-state index contributed by atoms with van der Waals surface area (Å²) in [6.45, 7) is 2.77. The number of hydrogen-bond donors (Lipinski definition) is 2. The topological polar surface area (TPSA) is 78.5 Å². The number of hydrogen-bond acceptors (Lipinski definition) is 4. The van der Waals surface area contributed by atoms with Crippen molar-refractivity contribution in [1.29, 1.82) is 0 Å². The molecule has 0 aromatic heterocycles. The van der Waals surface area contributed by atoms with Crippen LogP contribution < -0.4 is 10.6 Å². The summed E-state index contributed by atoms with van der Waals surface area (Å²) in [5.41, 5.74) is 0. The first-order valence-corrected chi connectivity index (χ1v) is 8.87. The molecule has 1 fully saturated rings. The van der Waals surface area contributed by atoms with Crippen molar-refractivity contribution in [1.82, 2.24) is 14.9 Å². The molecule has 23 heavy (non-hydrogen) atoms. The lowest BCUT2D eigenvalue weighted by Crippen LogP contribution is -2.49. The smallest absolute Gasteiger partial charge is 0.243 e. The number of nitrogens with zero attached hydrogens (tertiary/aromatic N) is 1. The minimum absolute atomic E-state index is 0. The Morgan fingerprint density at radius 2 is 2.00 bits per heavy atom. The van der Waals surface area contributed by atoms with Crippen molar-refractivity contribution in [2.45, 2.75) is 36.7 Å². The molecule has 1 aromatic rings. The molecule has 1 aromatic carbocycles. The van der Waals surface area contributed by atoms with Crippen LogP contribution in [0.25, 0.3) is 0 Å². The molecule has 0 saturated carbocycles. The first-order valence-electron chi connectivity index (χ1n) is 7.43. The van der Waals surface area contributed by atoms with Gasteiger partial charge in [0.2, 0.25) is 15.9 Å². The van der Waals surface area contributed by atoms with Crippen LogP contribution in [0.4, 0.5) is 0 Å². The molecule has 1 aliphatic heterocycles. The number of carbonyl (C=O) groups excluding carboxylic acids is 1. The fraction of sp³-hybridized carbons (Fsp3) is 0.533. The SMILES string of the molecule is CC1CC(NC(=O)CN(C)S(=O)(=O)c2ccccc2)CCN1.Cl. The highest BCUT2D eigenvalue weighted by atomic mass is 35.5. The molecular formula is C15H24ClN3O3S. The van der Waals surface area contributed by atoms with Gasteiger partial charge in [-0.25, -0.2) is 8.42 Å². The highest BCUT2D eigenvalue weighted by molar-refractivity contribution is 7.89. The van der Waals surface area contributed by atoms with E-state index in [1.807, 2.05) is 0 Å². The normalized spacial score (nSPS) is 21.5. The Balaban J connectivity index is 0.00000264. The Morgan fingerprint density at radius 3 is 2.61 bits per heavy atom. The van der Waals surface area contributed by atoms with Crippen LogP contribution in [-0.2, 0) is 14.8 Å². The Hall–Kier alpha value is -1.15. The summed E-state index contributed by atoms with van der Waals surface area (Å²) in [5, 5.41) is 6.23. The molecule has 1 saturated heterocycles. The number of benzene rings is 1. The molecule has 2 unspecified atom stereocenters. The molecule has 8 heteroatoms. The minimum Gasteiger partial charge on any atom is -0.352 e. The maximum Gasteiger partial charge on any atom is 0.243 e. The molecular weight excluding hydrogens is 338 g/mol. The molecule has 0 aliphatic carbocycles. The van der Waals surface area contributed by atoms with Crippen LogP contribution in [0.5, 0.6) is 0 Å². The van der Waals surface area contributed by atoms with Gasteiger partial charge in [0.25, 0.3) is 0 Å². The maximum atomic E-state index is 12.3. The van der Waals surface area contributed by atoms with Gasteiger partial charge < -0.3 is 10.6 Å². The van der Waals surface area contributed by atoms with E-state index in [9.17, 15) is 13.2 Å². The van der Waals surface area contributed by atoms with Crippen LogP contribution >= 0.6 is 12.4 Å². The third-order valence-corrected chi connectivity index (χ3v) is 5.62. The van der Waals surface area contributed by atoms with Gasteiger partial charge in [0.15, 0.2) is 0 Å². The molecule has 2 N–H and O–H groups in total. The second-order valence-corrected chi connectivity index (χ2v) is 7.76. The van der Waals surface area contributed by atoms with E-state index in [0.29, 0.717) is 6.04 Å². The van der Waals surface area contributed by atoms with Crippen LogP contribution in [0.1, 0.15) is 19.8 Å². The highest BCUT2D eigenvalue weighted by Crippen LogP contribution is 2.13. The molecule has 130 valence electrons. The summed E-state index contributed by atoms with van der Waals surface area (Å²) in [5.74, 6) is -0.263. The van der Waals surface area contributed by atoms with E-state index in [4.69, 9.17) is 0 Å². The van der Waals surface area contributed by atoms with Crippen LogP contribution in [0.3, 0.4) is 0 Å². The number of carbonyl (C=O) groups is 1. The van der Waals surface area contributed by atoms with E-state index in [-0.39, 0.29) is 35.8 Å². The second kappa shape index (κ2) is 8.63. The number of likely N-dealkylation sites (N-methyl/N-ethyl adjacent to an activating group) is 1. The van der Waals surface area contributed by atoms with Gasteiger partial charge in [-0.05, 0) is 38.4 Å². The average molecular weight is 362 g/mol. The van der Waals surface area contributed by atoms with Gasteiger partial charge in [-0.15, -0.1) is 12.4 Å². The van der Waals surface area contributed by atoms with Crippen LogP contribution in [0, 0.1) is 0 Å². The molecule has 2 rings (SSSR count). The quantitative estimate of drug-likeness (QED) is 0.819. The summed E-state index contributed by atoms with van der Waals surface area (Å²) in [7, 11) is -2.20. The third kappa shape index (κ3) is 5.46. The van der Waals surface area contributed by atoms with Gasteiger partial charge in [-0.3, -0.25) is 4.79 Å². The Morgan fingerprint density at radius 1 is 1.35 bits per heavy atom. The average Bonchev–Trinajstić information content (AvgIpc) is 2.48. The molecule has 0 bridgehead atoms. The molecule has 6 nitrogen and oxygen atoms in total. The standard InChI is InChI=1S/C15H23N3O3S.ClH/c1-12-10-13(8-9-16-12)17-15(19)11-18(2)22(20,21)14-6-4-3-5-7-14;/h3-7,12-13,16H,8-11H2,1-2H3,(H,17,19);1H. The molecule has 2 atom stereocenters. The number of rotatable bonds is 5. The monoisotopic (exact) mass is 361 g/mol. The zero-order chi connectivity index (χ0) is 16.2. The number of piperidine rings is 1. The van der Waals surface area contributed by atoms with Gasteiger partial charge in [0.1, 0.15) is 0 Å². The lowest BCUT2D eigenvalue weighted by molar-refractivity contribution is -0.122. The Kier molecular flexibility index (Phi) is 7.47. The van der Waals surface area contributed by atoms with Crippen LogP contribution in [0.2, 0.25) is 0 Å². The molecule has 0 spiro atoms. The van der Waals surface area contributed by atoms with Gasteiger partial charge in [0, 0.05) is 19.1 Å². The molecule has 1 amide bonds. The fourth-order valence-corrected chi connectivity index (χ4v) is 3.74. The van der Waals surface area contributed by atoms with E-state index in [2.05, 4.69) is 17.6 Å². The summed E-state index contributed by atoms with van der Waals surface area (Å²) in [6, 6.07) is 8.61. The van der Waals surface area contributed by atoms with Crippen molar-refractivity contribution in [3.05, 3.63) is 30.3 Å². The van der Waals surface area contributed by atoms with E-state index >= 15 is 0 Å². The third-order valence-electron chi connectivity index (χ3n) is 3.81. The minimum atomic E-state index is -3.63. The molecule has 0 radical (unpaired) electrons. The summed E-state index contributed by atoms with van der Waals surface area (Å²) >= 11 is 0. The van der Waals surface area contributed by atoms with Crippen molar-refractivity contribution < 1.29 is 13.2 Å². The van der Waals surface area contributed by atoms with Gasteiger partial charge in [-0.1, -0.05) is 18.2 Å². The first kappa shape index (κ1) is 19.9. The van der Waals surface area contributed by atoms with Crippen LogP contribution in [0.15, 0.2) is 35.2 Å². The summed E-state index contributed by atoms with van der Waals surface area (Å²) < 4.78 is 25.8. The summed E-state index contributed by atoms with van der Waals surface area (Å²) in [4.78, 5) is 12.3. The zero-order valence-corrected chi connectivity index (χ0v) is 15.0. The van der Waals surface area contributed by atoms with Gasteiger partial charge in [-0.2, -0.15) is 4.31 Å². The Bertz CT molecular complexity index is 610. The van der Waals surface area contributed by atoms with Gasteiger partial charge in [0.05, 0.1) is 11.4 Å². The number of nitrogens with one attached hydrogen (secondary N) is 2. The number of amides is 1. The van der Waals surface area contributed by atoms with Crippen molar-refractivity contribution in [3.8, 4) is 0 Å². The lowest BCUT2D eigenvalue weighted by Gasteiger charge is -2.29. The number of sulfonamides is 1. The van der Waals surface area contributed by atoms with E-state index in [1.165, 1.54) is 19.2 Å². The van der Waals surface area contributed by atoms with E-state index < -0.39 is 10.0 Å². The fourth-order valence-electron chi connectivity index (χ4n) is 2.60. The molecule has 1 heterocycles. The highest BCUT2D eigenvalue weighted by Gasteiger charge is 2.25.